The smallest absolute Gasteiger partial charge is 0.107 e. The van der Waals surface area contributed by atoms with Gasteiger partial charge in [0.2, 0.25) is 0 Å². The van der Waals surface area contributed by atoms with Gasteiger partial charge in [0, 0.05) is 5.02 Å². The van der Waals surface area contributed by atoms with E-state index in [9.17, 15) is 0 Å². The molecule has 0 spiro atoms. The molecule has 6 N–H and O–H groups in total. The molecular weight excluding hydrogens is 232 g/mol. The standard InChI is InChI=1S/C10H15ClN2O3/c11-7-1-2-9(8(12)3-7)13-10(4-14,5-15)6-16/h1-3,13-16H,4-6,12H2. The third kappa shape index (κ3) is 2.76. The van der Waals surface area contributed by atoms with Crippen molar-refractivity contribution in [1.82, 2.24) is 0 Å². The van der Waals surface area contributed by atoms with Crippen molar-refractivity contribution in [3.63, 3.8) is 0 Å². The number of hydrogen-bond donors (Lipinski definition) is 5. The molecule has 0 aromatic heterocycles. The van der Waals surface area contributed by atoms with Gasteiger partial charge in [-0.15, -0.1) is 0 Å². The van der Waals surface area contributed by atoms with Gasteiger partial charge in [-0.3, -0.25) is 0 Å². The van der Waals surface area contributed by atoms with Gasteiger partial charge in [0.1, 0.15) is 5.54 Å². The minimum Gasteiger partial charge on any atom is -0.397 e. The normalized spacial score (nSPS) is 11.5. The van der Waals surface area contributed by atoms with Crippen LogP contribution in [0.3, 0.4) is 0 Å². The Morgan fingerprint density at radius 3 is 2.19 bits per heavy atom. The summed E-state index contributed by atoms with van der Waals surface area (Å²) in [7, 11) is 0. The van der Waals surface area contributed by atoms with Gasteiger partial charge >= 0.3 is 0 Å². The van der Waals surface area contributed by atoms with Crippen molar-refractivity contribution in [3.05, 3.63) is 23.2 Å². The van der Waals surface area contributed by atoms with Crippen LogP contribution in [0.4, 0.5) is 11.4 Å². The zero-order valence-corrected chi connectivity index (χ0v) is 9.41. The maximum atomic E-state index is 9.13. The molecule has 0 heterocycles. The fraction of sp³-hybridized carbons (Fsp3) is 0.400. The van der Waals surface area contributed by atoms with Crippen molar-refractivity contribution in [2.45, 2.75) is 5.54 Å². The summed E-state index contributed by atoms with van der Waals surface area (Å²) in [6.45, 7) is -1.24. The second-order valence-electron chi connectivity index (χ2n) is 3.61. The Hall–Kier alpha value is -1.01. The van der Waals surface area contributed by atoms with E-state index in [1.54, 1.807) is 18.2 Å². The number of nitrogens with one attached hydrogen (secondary N) is 1. The van der Waals surface area contributed by atoms with Crippen LogP contribution in [-0.2, 0) is 0 Å². The van der Waals surface area contributed by atoms with E-state index in [0.29, 0.717) is 16.4 Å². The molecule has 0 fully saturated rings. The first kappa shape index (κ1) is 13.1. The van der Waals surface area contributed by atoms with Crippen LogP contribution < -0.4 is 11.1 Å². The van der Waals surface area contributed by atoms with Gasteiger partial charge < -0.3 is 26.4 Å². The van der Waals surface area contributed by atoms with Gasteiger partial charge in [-0.05, 0) is 18.2 Å². The number of nitrogen functional groups attached to an aromatic ring is 1. The molecule has 6 heteroatoms. The van der Waals surface area contributed by atoms with Crippen LogP contribution in [-0.4, -0.2) is 40.7 Å². The summed E-state index contributed by atoms with van der Waals surface area (Å²) in [5.74, 6) is 0. The Kier molecular flexibility index (Phi) is 4.37. The van der Waals surface area contributed by atoms with Gasteiger partial charge in [0.15, 0.2) is 0 Å². The summed E-state index contributed by atoms with van der Waals surface area (Å²) in [5, 5.41) is 30.7. The second-order valence-corrected chi connectivity index (χ2v) is 4.05. The molecule has 0 saturated heterocycles. The van der Waals surface area contributed by atoms with Crippen LogP contribution in [0.5, 0.6) is 0 Å². The lowest BCUT2D eigenvalue weighted by Crippen LogP contribution is -2.49. The summed E-state index contributed by atoms with van der Waals surface area (Å²) in [5.41, 5.74) is 5.39. The average Bonchev–Trinajstić information content (AvgIpc) is 2.29. The van der Waals surface area contributed by atoms with Gasteiger partial charge in [-0.25, -0.2) is 0 Å². The van der Waals surface area contributed by atoms with E-state index in [2.05, 4.69) is 5.32 Å². The molecule has 90 valence electrons. The quantitative estimate of drug-likeness (QED) is 0.473. The van der Waals surface area contributed by atoms with E-state index in [1.165, 1.54) is 0 Å². The zero-order valence-electron chi connectivity index (χ0n) is 8.65. The molecule has 0 atom stereocenters. The van der Waals surface area contributed by atoms with Crippen molar-refractivity contribution in [2.24, 2.45) is 0 Å². The molecule has 1 aromatic carbocycles. The van der Waals surface area contributed by atoms with E-state index >= 15 is 0 Å². The second kappa shape index (κ2) is 5.36. The number of aliphatic hydroxyl groups is 3. The number of hydrogen-bond acceptors (Lipinski definition) is 5. The van der Waals surface area contributed by atoms with Crippen molar-refractivity contribution in [3.8, 4) is 0 Å². The molecule has 0 unspecified atom stereocenters. The number of anilines is 2. The highest BCUT2D eigenvalue weighted by Gasteiger charge is 2.28. The van der Waals surface area contributed by atoms with E-state index in [-0.39, 0.29) is 0 Å². The van der Waals surface area contributed by atoms with E-state index in [0.717, 1.165) is 0 Å². The maximum absolute atomic E-state index is 9.13. The Morgan fingerprint density at radius 1 is 1.19 bits per heavy atom. The van der Waals surface area contributed by atoms with Gasteiger partial charge in [0.05, 0.1) is 31.2 Å². The Morgan fingerprint density at radius 2 is 1.75 bits per heavy atom. The Labute approximate surface area is 98.5 Å². The van der Waals surface area contributed by atoms with E-state index < -0.39 is 25.4 Å². The molecule has 0 amide bonds. The molecule has 0 aliphatic rings. The highest BCUT2D eigenvalue weighted by molar-refractivity contribution is 6.31. The number of halogens is 1. The number of aliphatic hydroxyl groups excluding tert-OH is 3. The highest BCUT2D eigenvalue weighted by atomic mass is 35.5. The minimum atomic E-state index is -1.19. The summed E-state index contributed by atoms with van der Waals surface area (Å²) >= 11 is 5.73. The summed E-state index contributed by atoms with van der Waals surface area (Å²) in [4.78, 5) is 0. The molecule has 5 nitrogen and oxygen atoms in total. The van der Waals surface area contributed by atoms with Crippen molar-refractivity contribution in [2.75, 3.05) is 30.9 Å². The molecule has 1 aromatic rings. The maximum Gasteiger partial charge on any atom is 0.107 e. The van der Waals surface area contributed by atoms with Crippen LogP contribution in [0, 0.1) is 0 Å². The monoisotopic (exact) mass is 246 g/mol. The molecule has 0 saturated carbocycles. The predicted molar refractivity (Wildman–Crippen MR) is 63.5 cm³/mol. The highest BCUT2D eigenvalue weighted by Crippen LogP contribution is 2.25. The van der Waals surface area contributed by atoms with E-state index in [1.807, 2.05) is 0 Å². The molecule has 0 aliphatic heterocycles. The van der Waals surface area contributed by atoms with E-state index in [4.69, 9.17) is 32.7 Å². The number of nitrogens with two attached hydrogens (primary N) is 1. The first-order valence-corrected chi connectivity index (χ1v) is 5.10. The van der Waals surface area contributed by atoms with Crippen LogP contribution in [0.25, 0.3) is 0 Å². The molecule has 0 aliphatic carbocycles. The Balaban J connectivity index is 2.93. The largest absolute Gasteiger partial charge is 0.397 e. The average molecular weight is 247 g/mol. The van der Waals surface area contributed by atoms with Gasteiger partial charge in [0.25, 0.3) is 0 Å². The first-order chi connectivity index (χ1) is 7.56. The lowest BCUT2D eigenvalue weighted by molar-refractivity contribution is 0.0834. The first-order valence-electron chi connectivity index (χ1n) is 4.73. The SMILES string of the molecule is Nc1cc(Cl)ccc1NC(CO)(CO)CO. The Bertz CT molecular complexity index is 348. The topological polar surface area (TPSA) is 98.7 Å². The summed E-state index contributed by atoms with van der Waals surface area (Å²) in [6.07, 6.45) is 0. The summed E-state index contributed by atoms with van der Waals surface area (Å²) < 4.78 is 0. The van der Waals surface area contributed by atoms with Crippen LogP contribution in [0.1, 0.15) is 0 Å². The minimum absolute atomic E-state index is 0.382. The molecule has 16 heavy (non-hydrogen) atoms. The van der Waals surface area contributed by atoms with Crippen molar-refractivity contribution in [1.29, 1.82) is 0 Å². The fourth-order valence-electron chi connectivity index (χ4n) is 1.20. The predicted octanol–water partition coefficient (Wildman–Crippen LogP) is 0.0498. The molecule has 1 rings (SSSR count). The van der Waals surface area contributed by atoms with Crippen LogP contribution in [0.2, 0.25) is 5.02 Å². The van der Waals surface area contributed by atoms with Crippen molar-refractivity contribution >= 4 is 23.0 Å². The van der Waals surface area contributed by atoms with Crippen molar-refractivity contribution < 1.29 is 15.3 Å². The number of rotatable bonds is 5. The van der Waals surface area contributed by atoms with Crippen LogP contribution in [0.15, 0.2) is 18.2 Å². The van der Waals surface area contributed by atoms with Gasteiger partial charge in [-0.1, -0.05) is 11.6 Å². The lowest BCUT2D eigenvalue weighted by atomic mass is 10.0. The number of benzene rings is 1. The molecule has 0 radical (unpaired) electrons. The fourth-order valence-corrected chi connectivity index (χ4v) is 1.38. The molecule has 0 bridgehead atoms. The summed E-state index contributed by atoms with van der Waals surface area (Å²) in [6, 6.07) is 4.78. The third-order valence-electron chi connectivity index (χ3n) is 2.32. The molecular formula is C10H15ClN2O3. The third-order valence-corrected chi connectivity index (χ3v) is 2.56. The van der Waals surface area contributed by atoms with Gasteiger partial charge in [-0.2, -0.15) is 0 Å². The lowest BCUT2D eigenvalue weighted by Gasteiger charge is -2.30. The zero-order chi connectivity index (χ0) is 12.2. The van der Waals surface area contributed by atoms with Crippen LogP contribution >= 0.6 is 11.6 Å².